The van der Waals surface area contributed by atoms with Crippen molar-refractivity contribution in [1.82, 2.24) is 0 Å². The summed E-state index contributed by atoms with van der Waals surface area (Å²) in [7, 11) is 0. The summed E-state index contributed by atoms with van der Waals surface area (Å²) in [6.07, 6.45) is 0.720. The zero-order valence-corrected chi connectivity index (χ0v) is 11.8. The average Bonchev–Trinajstić information content (AvgIpc) is 2.39. The summed E-state index contributed by atoms with van der Waals surface area (Å²) in [5.41, 5.74) is 2.39. The van der Waals surface area contributed by atoms with Gasteiger partial charge in [-0.2, -0.15) is 0 Å². The zero-order chi connectivity index (χ0) is 13.8. The second-order valence-corrected chi connectivity index (χ2v) is 5.03. The Balaban J connectivity index is 2.16. The van der Waals surface area contributed by atoms with Crippen LogP contribution in [0, 0.1) is 6.92 Å². The van der Waals surface area contributed by atoms with Crippen LogP contribution in [-0.2, 0) is 6.61 Å². The van der Waals surface area contributed by atoms with E-state index in [0.29, 0.717) is 28.0 Å². The highest BCUT2D eigenvalue weighted by Crippen LogP contribution is 2.24. The zero-order valence-electron chi connectivity index (χ0n) is 10.3. The van der Waals surface area contributed by atoms with Crippen molar-refractivity contribution in [3.63, 3.8) is 0 Å². The molecular formula is C15H12Cl2O2. The molecule has 0 atom stereocenters. The summed E-state index contributed by atoms with van der Waals surface area (Å²) in [6.45, 7) is 2.28. The molecule has 0 spiro atoms. The summed E-state index contributed by atoms with van der Waals surface area (Å²) in [4.78, 5) is 10.9. The summed E-state index contributed by atoms with van der Waals surface area (Å²) >= 11 is 11.9. The molecular weight excluding hydrogens is 283 g/mol. The number of halogens is 2. The van der Waals surface area contributed by atoms with E-state index in [2.05, 4.69) is 0 Å². The minimum absolute atomic E-state index is 0.307. The van der Waals surface area contributed by atoms with Gasteiger partial charge in [-0.1, -0.05) is 35.3 Å². The lowest BCUT2D eigenvalue weighted by atomic mass is 10.1. The molecule has 0 N–H and O–H groups in total. The van der Waals surface area contributed by atoms with Crippen LogP contribution in [0.15, 0.2) is 36.4 Å². The molecule has 0 aliphatic carbocycles. The maximum absolute atomic E-state index is 10.9. The Bertz CT molecular complexity index is 609. The Morgan fingerprint density at radius 1 is 1.16 bits per heavy atom. The Morgan fingerprint density at radius 2 is 1.95 bits per heavy atom. The van der Waals surface area contributed by atoms with E-state index in [4.69, 9.17) is 27.9 Å². The van der Waals surface area contributed by atoms with Crippen LogP contribution in [0.2, 0.25) is 10.0 Å². The molecule has 0 heterocycles. The molecule has 0 radical (unpaired) electrons. The predicted molar refractivity (Wildman–Crippen MR) is 77.4 cm³/mol. The average molecular weight is 295 g/mol. The Labute approximate surface area is 121 Å². The highest BCUT2D eigenvalue weighted by molar-refractivity contribution is 6.31. The van der Waals surface area contributed by atoms with E-state index in [-0.39, 0.29) is 0 Å². The maximum atomic E-state index is 10.9. The summed E-state index contributed by atoms with van der Waals surface area (Å²) in [5, 5.41) is 1.16. The number of ether oxygens (including phenoxy) is 1. The molecule has 2 nitrogen and oxygen atoms in total. The molecule has 0 saturated carbocycles. The van der Waals surface area contributed by atoms with E-state index in [1.54, 1.807) is 18.2 Å². The topological polar surface area (TPSA) is 26.3 Å². The normalized spacial score (nSPS) is 10.3. The lowest BCUT2D eigenvalue weighted by Gasteiger charge is -2.10. The van der Waals surface area contributed by atoms with Crippen molar-refractivity contribution in [3.8, 4) is 5.75 Å². The fourth-order valence-electron chi connectivity index (χ4n) is 1.67. The third-order valence-corrected chi connectivity index (χ3v) is 3.28. The smallest absolute Gasteiger partial charge is 0.153 e. The Hall–Kier alpha value is -1.51. The summed E-state index contributed by atoms with van der Waals surface area (Å²) in [5.74, 6) is 0.496. The highest BCUT2D eigenvalue weighted by Gasteiger charge is 2.06. The molecule has 19 heavy (non-hydrogen) atoms. The summed E-state index contributed by atoms with van der Waals surface area (Å²) in [6, 6.07) is 10.7. The van der Waals surface area contributed by atoms with Gasteiger partial charge in [-0.3, -0.25) is 4.79 Å². The second kappa shape index (κ2) is 6.09. The van der Waals surface area contributed by atoms with Gasteiger partial charge in [-0.15, -0.1) is 0 Å². The molecule has 0 aliphatic heterocycles. The fraction of sp³-hybridized carbons (Fsp3) is 0.133. The highest BCUT2D eigenvalue weighted by atomic mass is 35.5. The van der Waals surface area contributed by atoms with Crippen LogP contribution >= 0.6 is 23.2 Å². The molecule has 0 saturated heterocycles. The minimum atomic E-state index is 0.307. The van der Waals surface area contributed by atoms with Crippen molar-refractivity contribution in [1.29, 1.82) is 0 Å². The number of carbonyl (C=O) groups excluding carboxylic acids is 1. The molecule has 98 valence electrons. The number of rotatable bonds is 4. The van der Waals surface area contributed by atoms with Gasteiger partial charge in [0.05, 0.1) is 5.56 Å². The van der Waals surface area contributed by atoms with Crippen LogP contribution in [-0.4, -0.2) is 6.29 Å². The Kier molecular flexibility index (Phi) is 4.46. The van der Waals surface area contributed by atoms with Gasteiger partial charge in [0.15, 0.2) is 6.29 Å². The first-order chi connectivity index (χ1) is 9.10. The number of benzene rings is 2. The van der Waals surface area contributed by atoms with Crippen molar-refractivity contribution in [2.24, 2.45) is 0 Å². The number of hydrogen-bond donors (Lipinski definition) is 0. The maximum Gasteiger partial charge on any atom is 0.153 e. The van der Waals surface area contributed by atoms with E-state index < -0.39 is 0 Å². The number of aldehydes is 1. The van der Waals surface area contributed by atoms with Crippen LogP contribution in [0.4, 0.5) is 0 Å². The van der Waals surface area contributed by atoms with Crippen LogP contribution in [0.3, 0.4) is 0 Å². The molecule has 0 fully saturated rings. The van der Waals surface area contributed by atoms with Crippen molar-refractivity contribution < 1.29 is 9.53 Å². The first-order valence-corrected chi connectivity index (χ1v) is 6.48. The van der Waals surface area contributed by atoms with Gasteiger partial charge < -0.3 is 4.74 Å². The summed E-state index contributed by atoms with van der Waals surface area (Å²) < 4.78 is 5.62. The van der Waals surface area contributed by atoms with Gasteiger partial charge >= 0.3 is 0 Å². The molecule has 2 aromatic carbocycles. The molecule has 0 aromatic heterocycles. The molecule has 0 unspecified atom stereocenters. The number of aryl methyl sites for hydroxylation is 1. The Morgan fingerprint density at radius 3 is 2.63 bits per heavy atom. The first-order valence-electron chi connectivity index (χ1n) is 5.72. The number of carbonyl (C=O) groups is 1. The largest absolute Gasteiger partial charge is 0.488 e. The molecule has 0 aliphatic rings. The molecule has 4 heteroatoms. The van der Waals surface area contributed by atoms with E-state index in [0.717, 1.165) is 17.4 Å². The third kappa shape index (κ3) is 3.49. The van der Waals surface area contributed by atoms with Crippen LogP contribution in [0.25, 0.3) is 0 Å². The van der Waals surface area contributed by atoms with E-state index in [1.807, 2.05) is 25.1 Å². The monoisotopic (exact) mass is 294 g/mol. The number of hydrogen-bond acceptors (Lipinski definition) is 2. The fourth-order valence-corrected chi connectivity index (χ4v) is 2.14. The van der Waals surface area contributed by atoms with Crippen LogP contribution in [0.5, 0.6) is 5.75 Å². The lowest BCUT2D eigenvalue weighted by molar-refractivity contribution is 0.111. The predicted octanol–water partition coefficient (Wildman–Crippen LogP) is 4.69. The van der Waals surface area contributed by atoms with Crippen molar-refractivity contribution >= 4 is 29.5 Å². The van der Waals surface area contributed by atoms with Gasteiger partial charge in [-0.25, -0.2) is 0 Å². The van der Waals surface area contributed by atoms with Crippen molar-refractivity contribution in [2.75, 3.05) is 0 Å². The SMILES string of the molecule is Cc1ccc(COc2ccc(Cl)cc2C=O)c(Cl)c1. The third-order valence-electron chi connectivity index (χ3n) is 2.69. The lowest BCUT2D eigenvalue weighted by Crippen LogP contribution is -1.99. The van der Waals surface area contributed by atoms with Crippen molar-refractivity contribution in [2.45, 2.75) is 13.5 Å². The van der Waals surface area contributed by atoms with E-state index in [9.17, 15) is 4.79 Å². The van der Waals surface area contributed by atoms with Crippen molar-refractivity contribution in [3.05, 3.63) is 63.1 Å². The molecule has 0 amide bonds. The van der Waals surface area contributed by atoms with E-state index >= 15 is 0 Å². The molecule has 0 bridgehead atoms. The van der Waals surface area contributed by atoms with Gasteiger partial charge in [0.25, 0.3) is 0 Å². The second-order valence-electron chi connectivity index (χ2n) is 4.18. The first kappa shape index (κ1) is 13.9. The van der Waals surface area contributed by atoms with Gasteiger partial charge in [-0.05, 0) is 36.8 Å². The quantitative estimate of drug-likeness (QED) is 0.765. The molecule has 2 aromatic rings. The van der Waals surface area contributed by atoms with Crippen LogP contribution < -0.4 is 4.74 Å². The van der Waals surface area contributed by atoms with Gasteiger partial charge in [0.1, 0.15) is 12.4 Å². The van der Waals surface area contributed by atoms with Gasteiger partial charge in [0, 0.05) is 15.6 Å². The molecule has 2 rings (SSSR count). The minimum Gasteiger partial charge on any atom is -0.488 e. The van der Waals surface area contributed by atoms with Crippen LogP contribution in [0.1, 0.15) is 21.5 Å². The van der Waals surface area contributed by atoms with E-state index in [1.165, 1.54) is 0 Å². The standard InChI is InChI=1S/C15H12Cl2O2/c1-10-2-3-11(14(17)6-10)9-19-15-5-4-13(16)7-12(15)8-18/h2-8H,9H2,1H3. The van der Waals surface area contributed by atoms with Gasteiger partial charge in [0.2, 0.25) is 0 Å².